The summed E-state index contributed by atoms with van der Waals surface area (Å²) in [6, 6.07) is 14.9. The fourth-order valence-corrected chi connectivity index (χ4v) is 3.05. The number of nitrogens with one attached hydrogen (secondary N) is 1. The van der Waals surface area contributed by atoms with Gasteiger partial charge in [-0.25, -0.2) is 0 Å². The van der Waals surface area contributed by atoms with Gasteiger partial charge in [0.05, 0.1) is 12.6 Å². The van der Waals surface area contributed by atoms with Crippen molar-refractivity contribution in [3.63, 3.8) is 0 Å². The molecule has 1 aromatic carbocycles. The second kappa shape index (κ2) is 6.57. The predicted molar refractivity (Wildman–Crippen MR) is 85.0 cm³/mol. The zero-order valence-electron chi connectivity index (χ0n) is 11.2. The fraction of sp³-hybridized carbons (Fsp3) is 0.250. The first kappa shape index (κ1) is 13.2. The van der Waals surface area contributed by atoms with Gasteiger partial charge in [0, 0.05) is 18.1 Å². The van der Waals surface area contributed by atoms with Crippen LogP contribution >= 0.6 is 11.8 Å². The van der Waals surface area contributed by atoms with Crippen LogP contribution in [0.25, 0.3) is 0 Å². The molecule has 4 heteroatoms. The molecule has 0 saturated carbocycles. The average molecular weight is 283 g/mol. The van der Waals surface area contributed by atoms with Crippen LogP contribution in [-0.2, 0) is 6.42 Å². The van der Waals surface area contributed by atoms with Gasteiger partial charge in [-0.15, -0.1) is 0 Å². The number of aromatic nitrogens is 1. The number of rotatable bonds is 4. The molecule has 0 fully saturated rings. The normalized spacial score (nSPS) is 15.7. The average Bonchev–Trinajstić information content (AvgIpc) is 3.02. The van der Waals surface area contributed by atoms with Gasteiger partial charge in [-0.1, -0.05) is 42.1 Å². The Morgan fingerprint density at radius 3 is 2.60 bits per heavy atom. The molecule has 3 rings (SSSR count). The third kappa shape index (κ3) is 3.39. The van der Waals surface area contributed by atoms with E-state index in [1.165, 1.54) is 11.1 Å². The van der Waals surface area contributed by atoms with E-state index in [1.54, 1.807) is 11.8 Å². The number of hydrogen-bond acceptors (Lipinski definition) is 4. The number of aliphatic imine (C=N–C) groups is 1. The molecule has 1 aromatic heterocycles. The largest absolute Gasteiger partial charge is 0.358 e. The van der Waals surface area contributed by atoms with Gasteiger partial charge in [-0.05, 0) is 29.7 Å². The molecule has 3 nitrogen and oxygen atoms in total. The Morgan fingerprint density at radius 1 is 1.10 bits per heavy atom. The van der Waals surface area contributed by atoms with E-state index < -0.39 is 0 Å². The number of hydrogen-bond donors (Lipinski definition) is 1. The maximum absolute atomic E-state index is 4.50. The van der Waals surface area contributed by atoms with Gasteiger partial charge in [0.2, 0.25) is 0 Å². The standard InChI is InChI=1S/C16H17N3S/c1-2-4-13(5-3-1)12-15(14-6-8-17-9-7-14)19-16-18-10-11-20-16/h1-9,15H,10-12H2,(H,18,19). The van der Waals surface area contributed by atoms with E-state index in [4.69, 9.17) is 0 Å². The third-order valence-corrected chi connectivity index (χ3v) is 4.18. The van der Waals surface area contributed by atoms with E-state index in [0.717, 1.165) is 23.9 Å². The van der Waals surface area contributed by atoms with Crippen LogP contribution in [0, 0.1) is 0 Å². The van der Waals surface area contributed by atoms with Crippen molar-refractivity contribution in [3.8, 4) is 0 Å². The Kier molecular flexibility index (Phi) is 4.33. The number of amidine groups is 1. The molecule has 20 heavy (non-hydrogen) atoms. The molecular formula is C16H17N3S. The summed E-state index contributed by atoms with van der Waals surface area (Å²) < 4.78 is 0. The van der Waals surface area contributed by atoms with Crippen LogP contribution in [0.15, 0.2) is 59.9 Å². The van der Waals surface area contributed by atoms with Crippen LogP contribution in [0.3, 0.4) is 0 Å². The van der Waals surface area contributed by atoms with Crippen molar-refractivity contribution in [3.05, 3.63) is 66.0 Å². The Bertz CT molecular complexity index is 569. The molecule has 1 N–H and O–H groups in total. The maximum atomic E-state index is 4.50. The molecule has 1 aliphatic heterocycles. The molecule has 2 heterocycles. The first-order valence-electron chi connectivity index (χ1n) is 6.79. The quantitative estimate of drug-likeness (QED) is 0.937. The number of thioether (sulfide) groups is 1. The van der Waals surface area contributed by atoms with Crippen LogP contribution in [0.2, 0.25) is 0 Å². The smallest absolute Gasteiger partial charge is 0.157 e. The van der Waals surface area contributed by atoms with Gasteiger partial charge < -0.3 is 5.32 Å². The lowest BCUT2D eigenvalue weighted by atomic mass is 10.00. The first-order valence-corrected chi connectivity index (χ1v) is 7.78. The van der Waals surface area contributed by atoms with E-state index in [0.29, 0.717) is 0 Å². The molecule has 1 unspecified atom stereocenters. The summed E-state index contributed by atoms with van der Waals surface area (Å²) in [4.78, 5) is 8.60. The number of pyridine rings is 1. The molecule has 0 spiro atoms. The third-order valence-electron chi connectivity index (χ3n) is 3.27. The molecule has 0 radical (unpaired) electrons. The summed E-state index contributed by atoms with van der Waals surface area (Å²) in [6.07, 6.45) is 4.64. The van der Waals surface area contributed by atoms with Crippen LogP contribution in [0.5, 0.6) is 0 Å². The van der Waals surface area contributed by atoms with Gasteiger partial charge >= 0.3 is 0 Å². The Balaban J connectivity index is 1.79. The molecular weight excluding hydrogens is 266 g/mol. The molecule has 1 aliphatic rings. The van der Waals surface area contributed by atoms with E-state index in [1.807, 2.05) is 12.4 Å². The minimum Gasteiger partial charge on any atom is -0.358 e. The molecule has 2 aromatic rings. The van der Waals surface area contributed by atoms with E-state index in [9.17, 15) is 0 Å². The minimum atomic E-state index is 0.241. The SMILES string of the molecule is c1ccc(CC(NC2=NCCS2)c2ccncc2)cc1. The zero-order chi connectivity index (χ0) is 13.6. The van der Waals surface area contributed by atoms with Gasteiger partial charge in [0.1, 0.15) is 0 Å². The molecule has 0 amide bonds. The second-order valence-corrected chi connectivity index (χ2v) is 5.79. The molecule has 1 atom stereocenters. The van der Waals surface area contributed by atoms with Gasteiger partial charge in [0.25, 0.3) is 0 Å². The lowest BCUT2D eigenvalue weighted by Gasteiger charge is -2.20. The van der Waals surface area contributed by atoms with E-state index >= 15 is 0 Å². The predicted octanol–water partition coefficient (Wildman–Crippen LogP) is 3.06. The van der Waals surface area contributed by atoms with Crippen molar-refractivity contribution in [2.75, 3.05) is 12.3 Å². The van der Waals surface area contributed by atoms with E-state index in [2.05, 4.69) is 57.8 Å². The van der Waals surface area contributed by atoms with Crippen molar-refractivity contribution in [2.24, 2.45) is 4.99 Å². The minimum absolute atomic E-state index is 0.241. The van der Waals surface area contributed by atoms with Crippen LogP contribution in [0.4, 0.5) is 0 Å². The van der Waals surface area contributed by atoms with Crippen molar-refractivity contribution < 1.29 is 0 Å². The Hall–Kier alpha value is -1.81. The molecule has 0 saturated heterocycles. The van der Waals surface area contributed by atoms with Crippen LogP contribution in [0.1, 0.15) is 17.2 Å². The summed E-state index contributed by atoms with van der Waals surface area (Å²) in [7, 11) is 0. The lowest BCUT2D eigenvalue weighted by Crippen LogP contribution is -2.27. The van der Waals surface area contributed by atoms with Gasteiger partial charge in [0.15, 0.2) is 5.17 Å². The fourth-order valence-electron chi connectivity index (χ4n) is 2.27. The molecule has 0 aliphatic carbocycles. The number of benzene rings is 1. The van der Waals surface area contributed by atoms with Crippen LogP contribution < -0.4 is 5.32 Å². The molecule has 0 bridgehead atoms. The number of nitrogens with zero attached hydrogens (tertiary/aromatic N) is 2. The maximum Gasteiger partial charge on any atom is 0.157 e. The highest BCUT2D eigenvalue weighted by Crippen LogP contribution is 2.20. The zero-order valence-corrected chi connectivity index (χ0v) is 12.0. The Labute approximate surface area is 123 Å². The summed E-state index contributed by atoms with van der Waals surface area (Å²) >= 11 is 1.80. The summed E-state index contributed by atoms with van der Waals surface area (Å²) in [5, 5.41) is 4.62. The van der Waals surface area contributed by atoms with Gasteiger partial charge in [-0.2, -0.15) is 0 Å². The van der Waals surface area contributed by atoms with Gasteiger partial charge in [-0.3, -0.25) is 9.98 Å². The Morgan fingerprint density at radius 2 is 1.90 bits per heavy atom. The highest BCUT2D eigenvalue weighted by Gasteiger charge is 2.16. The first-order chi connectivity index (χ1) is 9.92. The van der Waals surface area contributed by atoms with Crippen LogP contribution in [-0.4, -0.2) is 22.4 Å². The van der Waals surface area contributed by atoms with Crippen molar-refractivity contribution >= 4 is 16.9 Å². The topological polar surface area (TPSA) is 37.3 Å². The van der Waals surface area contributed by atoms with E-state index in [-0.39, 0.29) is 6.04 Å². The molecule has 102 valence electrons. The summed E-state index contributed by atoms with van der Waals surface area (Å²) in [5.41, 5.74) is 2.57. The highest BCUT2D eigenvalue weighted by atomic mass is 32.2. The lowest BCUT2D eigenvalue weighted by molar-refractivity contribution is 0.647. The monoisotopic (exact) mass is 283 g/mol. The van der Waals surface area contributed by atoms with Crippen molar-refractivity contribution in [2.45, 2.75) is 12.5 Å². The van der Waals surface area contributed by atoms with Crippen molar-refractivity contribution in [1.29, 1.82) is 0 Å². The second-order valence-electron chi connectivity index (χ2n) is 4.70. The highest BCUT2D eigenvalue weighted by molar-refractivity contribution is 8.14. The summed E-state index contributed by atoms with van der Waals surface area (Å²) in [5.74, 6) is 1.08. The van der Waals surface area contributed by atoms with Crippen molar-refractivity contribution in [1.82, 2.24) is 10.3 Å². The summed E-state index contributed by atoms with van der Waals surface area (Å²) in [6.45, 7) is 0.918.